The molecule has 0 spiro atoms. The summed E-state index contributed by atoms with van der Waals surface area (Å²) < 4.78 is 105. The Balaban J connectivity index is 0.000000233. The zero-order valence-corrected chi connectivity index (χ0v) is 60.6. The monoisotopic (exact) mass is 1410 g/mol. The van der Waals surface area contributed by atoms with Gasteiger partial charge >= 0.3 is 12.2 Å². The van der Waals surface area contributed by atoms with Gasteiger partial charge in [0.05, 0.1) is 35.0 Å². The second-order valence-corrected chi connectivity index (χ2v) is 31.6. The number of piperidine rings is 2. The lowest BCUT2D eigenvalue weighted by molar-refractivity contribution is -0.135. The highest BCUT2D eigenvalue weighted by atomic mass is 32.2. The third kappa shape index (κ3) is 17.2. The van der Waals surface area contributed by atoms with Crippen LogP contribution in [0.3, 0.4) is 0 Å². The molecule has 24 heteroatoms. The first-order chi connectivity index (χ1) is 47.0. The van der Waals surface area contributed by atoms with Crippen LogP contribution in [-0.4, -0.2) is 126 Å². The number of nitrogens with one attached hydrogen (secondary N) is 2. The molecule has 100 heavy (non-hydrogen) atoms. The first-order valence-electron chi connectivity index (χ1n) is 33.3. The van der Waals surface area contributed by atoms with E-state index in [1.54, 1.807) is 114 Å². The smallest absolute Gasteiger partial charge is 0.408 e. The van der Waals surface area contributed by atoms with Gasteiger partial charge in [-0.1, -0.05) is 62.4 Å². The molecule has 6 aromatic carbocycles. The van der Waals surface area contributed by atoms with Crippen LogP contribution in [0, 0.1) is 25.5 Å². The lowest BCUT2D eigenvalue weighted by Gasteiger charge is -2.37. The molecule has 4 atom stereocenters. The average Bonchev–Trinajstić information content (AvgIpc) is 1.56. The number of ketones is 2. The Morgan fingerprint density at radius 2 is 0.890 bits per heavy atom. The predicted octanol–water partition coefficient (Wildman–Crippen LogP) is 15.0. The molecule has 2 aromatic heterocycles. The van der Waals surface area contributed by atoms with E-state index < -0.39 is 67.2 Å². The molecule has 0 aliphatic carbocycles. The number of fused-ring (bicyclic) bond motifs is 2. The largest absolute Gasteiger partial charge is 0.455 e. The van der Waals surface area contributed by atoms with Crippen molar-refractivity contribution in [3.05, 3.63) is 177 Å². The van der Waals surface area contributed by atoms with Gasteiger partial charge in [0.25, 0.3) is 0 Å². The molecule has 2 N–H and O–H groups in total. The third-order valence-corrected chi connectivity index (χ3v) is 20.3. The number of Topliss-reactive ketones (excluding diaryl/α,β-unsaturated/α-hetero) is 2. The van der Waals surface area contributed by atoms with E-state index in [2.05, 4.69) is 10.6 Å². The van der Waals surface area contributed by atoms with Crippen molar-refractivity contribution >= 4 is 88.9 Å². The van der Waals surface area contributed by atoms with Gasteiger partial charge in [0.1, 0.15) is 57.6 Å². The second kappa shape index (κ2) is 30.2. The first-order valence-corrected chi connectivity index (χ1v) is 37.0. The minimum atomic E-state index is -3.74. The number of carbonyl (C=O) groups is 6. The number of aryl methyl sites for hydroxylation is 2. The molecule has 20 nitrogen and oxygen atoms in total. The summed E-state index contributed by atoms with van der Waals surface area (Å²) in [6.07, 6.45) is 3.60. The summed E-state index contributed by atoms with van der Waals surface area (Å²) in [5.41, 5.74) is 5.63. The van der Waals surface area contributed by atoms with Crippen LogP contribution in [0.15, 0.2) is 130 Å². The predicted molar refractivity (Wildman–Crippen MR) is 383 cm³/mol. The number of hydrogen-bond donors (Lipinski definition) is 2. The number of rotatable bonds is 18. The standard InChI is InChI=1S/2C38H44FN3O7S/c2*1-8-31(43)33-29-20-28(30(41(6)50(7,46)47)21-32(29)48-35(33)24-15-17-26(39)18-16-24)25-13-11-19-42(22-25)36(44)34(27-14-10-9-12-23(27)2)40-37(45)49-38(3,4)5/h2*9-10,12,14-18,20-21,25,34H,8,11,13,19,22H2,1-7H3,(H,40,45)/t25-,34+;25-,34-/m01/s1. The minimum Gasteiger partial charge on any atom is -0.455 e. The quantitative estimate of drug-likeness (QED) is 0.0758. The Kier molecular flexibility index (Phi) is 22.6. The molecule has 8 aromatic rings. The summed E-state index contributed by atoms with van der Waals surface area (Å²) in [5.74, 6) is -2.01. The average molecular weight is 1410 g/mol. The molecular weight excluding hydrogens is 1320 g/mol. The lowest BCUT2D eigenvalue weighted by atomic mass is 9.87. The maximum absolute atomic E-state index is 14.3. The van der Waals surface area contributed by atoms with Crippen molar-refractivity contribution in [1.82, 2.24) is 20.4 Å². The molecule has 2 fully saturated rings. The number of benzene rings is 6. The van der Waals surface area contributed by atoms with Crippen molar-refractivity contribution in [3.63, 3.8) is 0 Å². The summed E-state index contributed by atoms with van der Waals surface area (Å²) in [7, 11) is -4.57. The number of likely N-dealkylation sites (tertiary alicyclic amines) is 2. The molecule has 532 valence electrons. The van der Waals surface area contributed by atoms with Gasteiger partial charge in [-0.15, -0.1) is 0 Å². The topological polar surface area (TPSA) is 252 Å². The molecule has 2 saturated heterocycles. The number of ether oxygens (including phenoxy) is 2. The van der Waals surface area contributed by atoms with E-state index in [0.717, 1.165) is 23.6 Å². The van der Waals surface area contributed by atoms with E-state index in [0.29, 0.717) is 117 Å². The third-order valence-electron chi connectivity index (χ3n) is 17.9. The zero-order valence-electron chi connectivity index (χ0n) is 59.0. The van der Waals surface area contributed by atoms with E-state index in [-0.39, 0.29) is 72.7 Å². The number of anilines is 2. The van der Waals surface area contributed by atoms with E-state index in [9.17, 15) is 54.4 Å². The summed E-state index contributed by atoms with van der Waals surface area (Å²) in [4.78, 5) is 84.9. The Bertz CT molecular complexity index is 4360. The number of nitrogens with zero attached hydrogens (tertiary/aromatic N) is 4. The zero-order chi connectivity index (χ0) is 73.1. The van der Waals surface area contributed by atoms with E-state index in [1.807, 2.05) is 38.1 Å². The highest BCUT2D eigenvalue weighted by molar-refractivity contribution is 7.92. The minimum absolute atomic E-state index is 0.180. The van der Waals surface area contributed by atoms with Crippen LogP contribution in [0.4, 0.5) is 29.7 Å². The van der Waals surface area contributed by atoms with Crippen LogP contribution >= 0.6 is 0 Å². The molecule has 0 radical (unpaired) electrons. The van der Waals surface area contributed by atoms with Gasteiger partial charge in [-0.3, -0.25) is 27.8 Å². The van der Waals surface area contributed by atoms with Gasteiger partial charge in [-0.05, 0) is 175 Å². The summed E-state index contributed by atoms with van der Waals surface area (Å²) in [6, 6.07) is 30.7. The Labute approximate surface area is 583 Å². The highest BCUT2D eigenvalue weighted by Crippen LogP contribution is 2.45. The van der Waals surface area contributed by atoms with E-state index >= 15 is 0 Å². The Morgan fingerprint density at radius 1 is 0.550 bits per heavy atom. The summed E-state index contributed by atoms with van der Waals surface area (Å²) in [5, 5.41) is 6.59. The molecule has 0 unspecified atom stereocenters. The maximum atomic E-state index is 14.3. The Hall–Kier alpha value is -9.42. The SMILES string of the molecule is CCC(=O)c1c(-c2ccc(F)cc2)oc2cc(N(C)S(C)(=O)=O)c([C@@H]3CCCN(C(=O)[C@H](NC(=O)OC(C)(C)C)c4ccccc4C)C3)cc12.CCC(=O)c1c(-c2ccc(F)cc2)oc2cc(N(C)S(C)(=O)=O)c([C@H]3CCCN(C(=O)[C@H](NC(=O)OC(C)(C)C)c4ccccc4C)C3)cc12. The molecule has 0 bridgehead atoms. The van der Waals surface area contributed by atoms with Crippen LogP contribution < -0.4 is 19.2 Å². The highest BCUT2D eigenvalue weighted by Gasteiger charge is 2.39. The van der Waals surface area contributed by atoms with Crippen LogP contribution in [-0.2, 0) is 39.1 Å². The second-order valence-electron chi connectivity index (χ2n) is 27.6. The van der Waals surface area contributed by atoms with Gasteiger partial charge in [0.2, 0.25) is 31.9 Å². The first kappa shape index (κ1) is 74.8. The fourth-order valence-corrected chi connectivity index (χ4v) is 13.8. The van der Waals surface area contributed by atoms with Gasteiger partial charge < -0.3 is 38.7 Å². The van der Waals surface area contributed by atoms with Crippen LogP contribution in [0.25, 0.3) is 44.6 Å². The molecule has 0 saturated carbocycles. The van der Waals surface area contributed by atoms with E-state index in [1.165, 1.54) is 71.2 Å². The van der Waals surface area contributed by atoms with Gasteiger partial charge in [-0.2, -0.15) is 0 Å². The number of furan rings is 2. The molecular formula is C76H88F2N6O14S2. The van der Waals surface area contributed by atoms with Crippen molar-refractivity contribution in [1.29, 1.82) is 0 Å². The van der Waals surface area contributed by atoms with Gasteiger partial charge in [0, 0.05) is 99.0 Å². The number of hydrogen-bond acceptors (Lipinski definition) is 14. The number of carbonyl (C=O) groups excluding carboxylic acids is 6. The lowest BCUT2D eigenvalue weighted by Crippen LogP contribution is -2.47. The number of halogens is 2. The van der Waals surface area contributed by atoms with Crippen molar-refractivity contribution < 1.29 is 72.7 Å². The summed E-state index contributed by atoms with van der Waals surface area (Å²) in [6.45, 7) is 19.0. The van der Waals surface area contributed by atoms with Crippen LogP contribution in [0.5, 0.6) is 0 Å². The Morgan fingerprint density at radius 3 is 1.20 bits per heavy atom. The number of alkyl carbamates (subject to hydrolysis) is 2. The maximum Gasteiger partial charge on any atom is 0.408 e. The van der Waals surface area contributed by atoms with Crippen molar-refractivity contribution in [2.24, 2.45) is 0 Å². The van der Waals surface area contributed by atoms with Crippen molar-refractivity contribution in [2.45, 2.75) is 143 Å². The molecule has 4 heterocycles. The van der Waals surface area contributed by atoms with E-state index in [4.69, 9.17) is 18.3 Å². The number of amides is 4. The summed E-state index contributed by atoms with van der Waals surface area (Å²) >= 11 is 0. The van der Waals surface area contributed by atoms with Crippen LogP contribution in [0.2, 0.25) is 0 Å². The fraction of sp³-hybridized carbons (Fsp3) is 0.395. The molecule has 2 aliphatic heterocycles. The molecule has 2 aliphatic rings. The fourth-order valence-electron chi connectivity index (χ4n) is 12.8. The van der Waals surface area contributed by atoms with Gasteiger partial charge in [-0.25, -0.2) is 35.2 Å². The van der Waals surface area contributed by atoms with Gasteiger partial charge in [0.15, 0.2) is 11.6 Å². The normalized spacial score (nSPS) is 15.8. The molecule has 4 amide bonds. The number of sulfonamides is 2. The molecule has 10 rings (SSSR count). The van der Waals surface area contributed by atoms with Crippen molar-refractivity contribution in [3.8, 4) is 22.6 Å². The van der Waals surface area contributed by atoms with Crippen LogP contribution in [0.1, 0.15) is 172 Å². The van der Waals surface area contributed by atoms with Crippen molar-refractivity contribution in [2.75, 3.05) is 61.4 Å².